The van der Waals surface area contributed by atoms with Crippen LogP contribution < -0.4 is 5.73 Å². The Kier molecular flexibility index (Phi) is 4.70. The highest BCUT2D eigenvalue weighted by Gasteiger charge is 2.23. The van der Waals surface area contributed by atoms with Crippen LogP contribution in [-0.4, -0.2) is 31.5 Å². The normalized spacial score (nSPS) is 30.7. The number of nitrogens with two attached hydrogens (primary N) is 1. The summed E-state index contributed by atoms with van der Waals surface area (Å²) in [6.07, 6.45) is 3.79. The summed E-state index contributed by atoms with van der Waals surface area (Å²) in [6, 6.07) is 0.351. The molecule has 3 nitrogen and oxygen atoms in total. The van der Waals surface area contributed by atoms with Gasteiger partial charge in [-0.25, -0.2) is 0 Å². The SMILES string of the molecule is CCOCC(C)OC1CCC(N)C1. The second-order valence-corrected chi connectivity index (χ2v) is 3.80. The first-order valence-electron chi connectivity index (χ1n) is 5.21. The molecule has 0 saturated heterocycles. The second-order valence-electron chi connectivity index (χ2n) is 3.80. The van der Waals surface area contributed by atoms with Crippen LogP contribution in [0.3, 0.4) is 0 Å². The van der Waals surface area contributed by atoms with E-state index in [1.54, 1.807) is 0 Å². The van der Waals surface area contributed by atoms with Crippen molar-refractivity contribution < 1.29 is 9.47 Å². The standard InChI is InChI=1S/C10H21NO2/c1-3-12-7-8(2)13-10-5-4-9(11)6-10/h8-10H,3-7,11H2,1-2H3. The summed E-state index contributed by atoms with van der Waals surface area (Å²) in [6.45, 7) is 5.51. The lowest BCUT2D eigenvalue weighted by Crippen LogP contribution is -2.24. The van der Waals surface area contributed by atoms with E-state index in [0.29, 0.717) is 18.8 Å². The highest BCUT2D eigenvalue weighted by molar-refractivity contribution is 4.78. The van der Waals surface area contributed by atoms with Crippen molar-refractivity contribution in [1.82, 2.24) is 0 Å². The first-order valence-corrected chi connectivity index (χ1v) is 5.21. The Hall–Kier alpha value is -0.120. The third-order valence-electron chi connectivity index (χ3n) is 2.41. The molecule has 0 amide bonds. The molecular weight excluding hydrogens is 166 g/mol. The van der Waals surface area contributed by atoms with E-state index >= 15 is 0 Å². The van der Waals surface area contributed by atoms with E-state index in [1.165, 1.54) is 0 Å². The Morgan fingerprint density at radius 3 is 2.77 bits per heavy atom. The number of hydrogen-bond donors (Lipinski definition) is 1. The van der Waals surface area contributed by atoms with Crippen LogP contribution in [-0.2, 0) is 9.47 Å². The summed E-state index contributed by atoms with van der Waals surface area (Å²) in [5, 5.41) is 0. The maximum absolute atomic E-state index is 5.79. The average Bonchev–Trinajstić information content (AvgIpc) is 2.48. The third kappa shape index (κ3) is 4.07. The summed E-state index contributed by atoms with van der Waals surface area (Å²) < 4.78 is 11.1. The fourth-order valence-electron chi connectivity index (χ4n) is 1.75. The third-order valence-corrected chi connectivity index (χ3v) is 2.41. The first-order chi connectivity index (χ1) is 6.22. The van der Waals surface area contributed by atoms with Crippen LogP contribution in [0, 0.1) is 0 Å². The summed E-state index contributed by atoms with van der Waals surface area (Å²) in [5.41, 5.74) is 5.79. The zero-order valence-electron chi connectivity index (χ0n) is 8.66. The maximum atomic E-state index is 5.79. The molecule has 0 aromatic heterocycles. The molecule has 0 radical (unpaired) electrons. The van der Waals surface area contributed by atoms with Gasteiger partial charge in [0.15, 0.2) is 0 Å². The summed E-state index contributed by atoms with van der Waals surface area (Å²) in [4.78, 5) is 0. The lowest BCUT2D eigenvalue weighted by molar-refractivity contribution is -0.0435. The minimum absolute atomic E-state index is 0.204. The molecule has 0 aliphatic heterocycles. The van der Waals surface area contributed by atoms with E-state index in [2.05, 4.69) is 6.92 Å². The molecule has 13 heavy (non-hydrogen) atoms. The van der Waals surface area contributed by atoms with Crippen LogP contribution in [0.25, 0.3) is 0 Å². The predicted molar refractivity (Wildman–Crippen MR) is 52.7 cm³/mol. The molecule has 1 aliphatic rings. The van der Waals surface area contributed by atoms with Crippen molar-refractivity contribution in [2.45, 2.75) is 51.4 Å². The van der Waals surface area contributed by atoms with Gasteiger partial charge >= 0.3 is 0 Å². The van der Waals surface area contributed by atoms with Gasteiger partial charge in [-0.1, -0.05) is 0 Å². The van der Waals surface area contributed by atoms with E-state index in [4.69, 9.17) is 15.2 Å². The molecule has 1 saturated carbocycles. The van der Waals surface area contributed by atoms with Crippen molar-refractivity contribution in [3.05, 3.63) is 0 Å². The molecule has 0 aromatic carbocycles. The van der Waals surface area contributed by atoms with Gasteiger partial charge in [0, 0.05) is 12.6 Å². The number of ether oxygens (including phenoxy) is 2. The molecule has 3 unspecified atom stereocenters. The number of rotatable bonds is 5. The Bertz CT molecular complexity index is 141. The largest absolute Gasteiger partial charge is 0.379 e. The quantitative estimate of drug-likeness (QED) is 0.705. The monoisotopic (exact) mass is 187 g/mol. The van der Waals surface area contributed by atoms with Crippen molar-refractivity contribution >= 4 is 0 Å². The highest BCUT2D eigenvalue weighted by Crippen LogP contribution is 2.21. The van der Waals surface area contributed by atoms with Crippen molar-refractivity contribution in [2.24, 2.45) is 5.73 Å². The van der Waals surface area contributed by atoms with Crippen LogP contribution in [0.2, 0.25) is 0 Å². The smallest absolute Gasteiger partial charge is 0.0784 e. The van der Waals surface area contributed by atoms with Gasteiger partial charge < -0.3 is 15.2 Å². The molecule has 1 fully saturated rings. The molecule has 3 atom stereocenters. The van der Waals surface area contributed by atoms with Crippen molar-refractivity contribution in [1.29, 1.82) is 0 Å². The maximum Gasteiger partial charge on any atom is 0.0784 e. The van der Waals surface area contributed by atoms with Crippen molar-refractivity contribution in [3.8, 4) is 0 Å². The molecule has 2 N–H and O–H groups in total. The fraction of sp³-hybridized carbons (Fsp3) is 1.00. The van der Waals surface area contributed by atoms with Gasteiger partial charge in [0.05, 0.1) is 18.8 Å². The van der Waals surface area contributed by atoms with Gasteiger partial charge in [0.1, 0.15) is 0 Å². The highest BCUT2D eigenvalue weighted by atomic mass is 16.5. The molecule has 1 rings (SSSR count). The zero-order chi connectivity index (χ0) is 9.68. The fourth-order valence-corrected chi connectivity index (χ4v) is 1.75. The van der Waals surface area contributed by atoms with Gasteiger partial charge in [0.2, 0.25) is 0 Å². The molecule has 0 bridgehead atoms. The Morgan fingerprint density at radius 1 is 1.46 bits per heavy atom. The predicted octanol–water partition coefficient (Wildman–Crippen LogP) is 1.31. The lowest BCUT2D eigenvalue weighted by Gasteiger charge is -2.18. The molecule has 0 aromatic rings. The van der Waals surface area contributed by atoms with E-state index in [9.17, 15) is 0 Å². The zero-order valence-corrected chi connectivity index (χ0v) is 8.66. The molecule has 0 heterocycles. The molecule has 0 spiro atoms. The first kappa shape index (κ1) is 11.0. The van der Waals surface area contributed by atoms with Gasteiger partial charge in [0.25, 0.3) is 0 Å². The van der Waals surface area contributed by atoms with Crippen LogP contribution in [0.5, 0.6) is 0 Å². The van der Waals surface area contributed by atoms with E-state index in [1.807, 2.05) is 6.92 Å². The Morgan fingerprint density at radius 2 is 2.23 bits per heavy atom. The summed E-state index contributed by atoms with van der Waals surface area (Å²) >= 11 is 0. The van der Waals surface area contributed by atoms with Crippen LogP contribution >= 0.6 is 0 Å². The van der Waals surface area contributed by atoms with E-state index in [0.717, 1.165) is 25.9 Å². The lowest BCUT2D eigenvalue weighted by atomic mass is 10.3. The second kappa shape index (κ2) is 5.58. The van der Waals surface area contributed by atoms with E-state index < -0.39 is 0 Å². The van der Waals surface area contributed by atoms with E-state index in [-0.39, 0.29) is 6.10 Å². The Balaban J connectivity index is 2.09. The summed E-state index contributed by atoms with van der Waals surface area (Å²) in [5.74, 6) is 0. The van der Waals surface area contributed by atoms with Crippen LogP contribution in [0.4, 0.5) is 0 Å². The van der Waals surface area contributed by atoms with Crippen LogP contribution in [0.15, 0.2) is 0 Å². The van der Waals surface area contributed by atoms with Crippen molar-refractivity contribution in [3.63, 3.8) is 0 Å². The number of hydrogen-bond acceptors (Lipinski definition) is 3. The van der Waals surface area contributed by atoms with Gasteiger partial charge in [-0.2, -0.15) is 0 Å². The minimum Gasteiger partial charge on any atom is -0.379 e. The average molecular weight is 187 g/mol. The van der Waals surface area contributed by atoms with Gasteiger partial charge in [-0.15, -0.1) is 0 Å². The molecule has 3 heteroatoms. The molecular formula is C10H21NO2. The van der Waals surface area contributed by atoms with Gasteiger partial charge in [-0.3, -0.25) is 0 Å². The van der Waals surface area contributed by atoms with Gasteiger partial charge in [-0.05, 0) is 33.1 Å². The Labute approximate surface area is 80.6 Å². The topological polar surface area (TPSA) is 44.5 Å². The van der Waals surface area contributed by atoms with Crippen molar-refractivity contribution in [2.75, 3.05) is 13.2 Å². The molecule has 1 aliphatic carbocycles. The molecule has 78 valence electrons. The minimum atomic E-state index is 0.204. The summed E-state index contributed by atoms with van der Waals surface area (Å²) in [7, 11) is 0. The van der Waals surface area contributed by atoms with Crippen LogP contribution in [0.1, 0.15) is 33.1 Å².